The lowest BCUT2D eigenvalue weighted by Crippen LogP contribution is -2.19. The van der Waals surface area contributed by atoms with Gasteiger partial charge < -0.3 is 10.2 Å². The number of nitro groups is 1. The Hall–Kier alpha value is -2.22. The molecule has 1 N–H and O–H groups in total. The summed E-state index contributed by atoms with van der Waals surface area (Å²) in [4.78, 5) is 20.7. The van der Waals surface area contributed by atoms with Gasteiger partial charge in [0.1, 0.15) is 5.82 Å². The van der Waals surface area contributed by atoms with E-state index < -0.39 is 4.92 Å². The molecule has 0 fully saturated rings. The average molecular weight is 279 g/mol. The van der Waals surface area contributed by atoms with Crippen LogP contribution in [-0.4, -0.2) is 29.0 Å². The van der Waals surface area contributed by atoms with Gasteiger partial charge in [-0.3, -0.25) is 10.1 Å². The smallest absolute Gasteiger partial charge is 0.311 e. The highest BCUT2D eigenvalue weighted by molar-refractivity contribution is 7.07. The van der Waals surface area contributed by atoms with Crippen molar-refractivity contribution in [1.29, 1.82) is 0 Å². The molecule has 0 radical (unpaired) electrons. The summed E-state index contributed by atoms with van der Waals surface area (Å²) in [6, 6.07) is 3.03. The van der Waals surface area contributed by atoms with Crippen LogP contribution in [0.25, 0.3) is 0 Å². The van der Waals surface area contributed by atoms with Crippen molar-refractivity contribution in [3.63, 3.8) is 0 Å². The lowest BCUT2D eigenvalue weighted by Gasteiger charge is -2.17. The number of nitrogens with zero attached hydrogens (tertiary/aromatic N) is 4. The maximum Gasteiger partial charge on any atom is 0.311 e. The molecule has 2 aromatic rings. The molecule has 0 atom stereocenters. The number of thiazole rings is 1. The van der Waals surface area contributed by atoms with Crippen LogP contribution < -0.4 is 10.2 Å². The van der Waals surface area contributed by atoms with E-state index in [1.807, 2.05) is 5.38 Å². The van der Waals surface area contributed by atoms with E-state index in [0.717, 1.165) is 5.69 Å². The molecule has 8 heteroatoms. The summed E-state index contributed by atoms with van der Waals surface area (Å²) in [5, 5.41) is 15.8. The van der Waals surface area contributed by atoms with Crippen molar-refractivity contribution in [3.05, 3.63) is 38.8 Å². The quantitative estimate of drug-likeness (QED) is 0.666. The molecule has 0 aliphatic heterocycles. The Bertz CT molecular complexity index is 572. The van der Waals surface area contributed by atoms with Gasteiger partial charge in [0.05, 0.1) is 22.7 Å². The molecule has 0 bridgehead atoms. The zero-order valence-corrected chi connectivity index (χ0v) is 11.3. The highest BCUT2D eigenvalue weighted by Crippen LogP contribution is 2.27. The van der Waals surface area contributed by atoms with E-state index in [-0.39, 0.29) is 5.69 Å². The lowest BCUT2D eigenvalue weighted by atomic mass is 10.3. The molecule has 0 aliphatic rings. The molecule has 0 spiro atoms. The van der Waals surface area contributed by atoms with Gasteiger partial charge in [0.2, 0.25) is 5.82 Å². The summed E-state index contributed by atoms with van der Waals surface area (Å²) in [5.74, 6) is 0.913. The van der Waals surface area contributed by atoms with Crippen LogP contribution in [0.2, 0.25) is 0 Å². The van der Waals surface area contributed by atoms with Crippen molar-refractivity contribution >= 4 is 28.7 Å². The van der Waals surface area contributed by atoms with E-state index in [1.54, 1.807) is 30.6 Å². The number of rotatable bonds is 5. The molecule has 0 aliphatic carbocycles. The predicted molar refractivity (Wildman–Crippen MR) is 74.7 cm³/mol. The molecule has 2 heterocycles. The summed E-state index contributed by atoms with van der Waals surface area (Å²) < 4.78 is 0. The summed E-state index contributed by atoms with van der Waals surface area (Å²) >= 11 is 1.49. The van der Waals surface area contributed by atoms with Crippen molar-refractivity contribution < 1.29 is 4.92 Å². The maximum atomic E-state index is 11.0. The summed E-state index contributed by atoms with van der Waals surface area (Å²) in [6.07, 6.45) is 0. The molecule has 7 nitrogen and oxygen atoms in total. The van der Waals surface area contributed by atoms with Gasteiger partial charge in [-0.25, -0.2) is 9.97 Å². The number of anilines is 2. The molecule has 0 amide bonds. The van der Waals surface area contributed by atoms with Gasteiger partial charge in [-0.2, -0.15) is 0 Å². The Labute approximate surface area is 114 Å². The van der Waals surface area contributed by atoms with Gasteiger partial charge in [-0.1, -0.05) is 0 Å². The summed E-state index contributed by atoms with van der Waals surface area (Å²) in [6.45, 7) is 0.477. The van der Waals surface area contributed by atoms with E-state index >= 15 is 0 Å². The highest BCUT2D eigenvalue weighted by atomic mass is 32.1. The zero-order valence-electron chi connectivity index (χ0n) is 10.5. The van der Waals surface area contributed by atoms with Crippen molar-refractivity contribution in [3.8, 4) is 0 Å². The predicted octanol–water partition coefficient (Wildman–Crippen LogP) is 2.12. The molecular weight excluding hydrogens is 266 g/mol. The fourth-order valence-electron chi connectivity index (χ4n) is 1.64. The molecule has 2 aromatic heterocycles. The minimum absolute atomic E-state index is 0.0169. The number of pyridine rings is 1. The second-order valence-electron chi connectivity index (χ2n) is 3.88. The minimum Gasteiger partial charge on any atom is -0.373 e. The zero-order chi connectivity index (χ0) is 13.8. The molecular formula is C11H13N5O2S. The number of nitrogens with one attached hydrogen (secondary N) is 1. The second-order valence-corrected chi connectivity index (χ2v) is 4.60. The third kappa shape index (κ3) is 2.97. The molecule has 0 unspecified atom stereocenters. The number of hydrogen-bond donors (Lipinski definition) is 1. The van der Waals surface area contributed by atoms with Gasteiger partial charge in [-0.05, 0) is 6.07 Å². The molecule has 0 saturated carbocycles. The Morgan fingerprint density at radius 2 is 2.32 bits per heavy atom. The standard InChI is InChI=1S/C11H13N5O2S/c1-12-10-4-3-9(16(17)18)11(14-10)15(2)5-8-6-19-7-13-8/h3-4,6-7H,5H2,1-2H3,(H,12,14). The van der Waals surface area contributed by atoms with Crippen molar-refractivity contribution in [2.24, 2.45) is 0 Å². The third-order valence-corrected chi connectivity index (χ3v) is 3.19. The van der Waals surface area contributed by atoms with Crippen LogP contribution in [-0.2, 0) is 6.54 Å². The van der Waals surface area contributed by atoms with Gasteiger partial charge in [0.15, 0.2) is 0 Å². The molecule has 2 rings (SSSR count). The third-order valence-electron chi connectivity index (χ3n) is 2.55. The fourth-order valence-corrected chi connectivity index (χ4v) is 2.19. The van der Waals surface area contributed by atoms with Crippen LogP contribution in [0.4, 0.5) is 17.3 Å². The number of hydrogen-bond acceptors (Lipinski definition) is 7. The second kappa shape index (κ2) is 5.61. The largest absolute Gasteiger partial charge is 0.373 e. The molecule has 19 heavy (non-hydrogen) atoms. The maximum absolute atomic E-state index is 11.0. The van der Waals surface area contributed by atoms with Gasteiger partial charge in [0.25, 0.3) is 0 Å². The van der Waals surface area contributed by atoms with Crippen molar-refractivity contribution in [2.45, 2.75) is 6.54 Å². The van der Waals surface area contributed by atoms with Crippen LogP contribution in [0.1, 0.15) is 5.69 Å². The van der Waals surface area contributed by atoms with E-state index in [2.05, 4.69) is 15.3 Å². The van der Waals surface area contributed by atoms with Gasteiger partial charge >= 0.3 is 5.69 Å². The SMILES string of the molecule is CNc1ccc([N+](=O)[O-])c(N(C)Cc2cscn2)n1. The Morgan fingerprint density at radius 3 is 2.89 bits per heavy atom. The normalized spacial score (nSPS) is 10.2. The fraction of sp³-hybridized carbons (Fsp3) is 0.273. The van der Waals surface area contributed by atoms with E-state index in [4.69, 9.17) is 0 Å². The molecule has 0 aromatic carbocycles. The first-order valence-electron chi connectivity index (χ1n) is 5.53. The van der Waals surface area contributed by atoms with Crippen LogP contribution in [0.3, 0.4) is 0 Å². The van der Waals surface area contributed by atoms with E-state index in [1.165, 1.54) is 17.4 Å². The highest BCUT2D eigenvalue weighted by Gasteiger charge is 2.20. The van der Waals surface area contributed by atoms with E-state index in [9.17, 15) is 10.1 Å². The lowest BCUT2D eigenvalue weighted by molar-refractivity contribution is -0.384. The Morgan fingerprint density at radius 1 is 1.53 bits per heavy atom. The first-order valence-corrected chi connectivity index (χ1v) is 6.47. The first-order chi connectivity index (χ1) is 9.11. The summed E-state index contributed by atoms with van der Waals surface area (Å²) in [5.41, 5.74) is 2.57. The average Bonchev–Trinajstić information content (AvgIpc) is 2.90. The van der Waals surface area contributed by atoms with Crippen molar-refractivity contribution in [1.82, 2.24) is 9.97 Å². The Kier molecular flexibility index (Phi) is 3.91. The van der Waals surface area contributed by atoms with Crippen LogP contribution in [0.5, 0.6) is 0 Å². The van der Waals surface area contributed by atoms with Crippen LogP contribution in [0.15, 0.2) is 23.0 Å². The first kappa shape index (κ1) is 13.2. The summed E-state index contributed by atoms with van der Waals surface area (Å²) in [7, 11) is 3.48. The number of aromatic nitrogens is 2. The van der Waals surface area contributed by atoms with Crippen molar-refractivity contribution in [2.75, 3.05) is 24.3 Å². The van der Waals surface area contributed by atoms with Gasteiger partial charge in [0, 0.05) is 25.5 Å². The molecule has 100 valence electrons. The van der Waals surface area contributed by atoms with Crippen LogP contribution >= 0.6 is 11.3 Å². The molecule has 0 saturated heterocycles. The minimum atomic E-state index is -0.431. The van der Waals surface area contributed by atoms with Gasteiger partial charge in [-0.15, -0.1) is 11.3 Å². The topological polar surface area (TPSA) is 84.2 Å². The van der Waals surface area contributed by atoms with Crippen LogP contribution in [0, 0.1) is 10.1 Å². The monoisotopic (exact) mass is 279 g/mol. The van der Waals surface area contributed by atoms with E-state index in [0.29, 0.717) is 18.2 Å². The Balaban J connectivity index is 2.32.